The summed E-state index contributed by atoms with van der Waals surface area (Å²) < 4.78 is 0. The predicted molar refractivity (Wildman–Crippen MR) is 280 cm³/mol. The van der Waals surface area contributed by atoms with E-state index in [0.717, 1.165) is 0 Å². The van der Waals surface area contributed by atoms with Gasteiger partial charge in [-0.1, -0.05) is 76.6 Å². The molecule has 0 fully saturated rings. The summed E-state index contributed by atoms with van der Waals surface area (Å²) in [6.45, 7) is 7.96. The van der Waals surface area contributed by atoms with E-state index in [1.165, 1.54) is 45.0 Å². The summed E-state index contributed by atoms with van der Waals surface area (Å²) in [4.78, 5) is 159. The smallest absolute Gasteiger partial charge is 0.326 e. The third-order valence-corrected chi connectivity index (χ3v) is 12.3. The Labute approximate surface area is 451 Å². The molecule has 0 radical (unpaired) electrons. The first kappa shape index (κ1) is 65.9. The number of primary amides is 2. The Morgan fingerprint density at radius 3 is 1.42 bits per heavy atom. The summed E-state index contributed by atoms with van der Waals surface area (Å²) in [5, 5.41) is 48.6. The highest BCUT2D eigenvalue weighted by molar-refractivity contribution is 6.00. The number of carbonyl (C=O) groups excluding carboxylic acids is 10. The largest absolute Gasteiger partial charge is 0.508 e. The van der Waals surface area contributed by atoms with Crippen LogP contribution in [-0.2, 0) is 70.4 Å². The lowest BCUT2D eigenvalue weighted by Gasteiger charge is -2.29. The molecule has 0 bridgehead atoms. The highest BCUT2D eigenvalue weighted by Crippen LogP contribution is 2.15. The zero-order valence-corrected chi connectivity index (χ0v) is 44.4. The fourth-order valence-electron chi connectivity index (χ4n) is 7.63. The fourth-order valence-corrected chi connectivity index (χ4v) is 7.63. The molecule has 0 heterocycles. The molecule has 2 aromatic rings. The van der Waals surface area contributed by atoms with Crippen LogP contribution in [-0.4, -0.2) is 147 Å². The summed E-state index contributed by atoms with van der Waals surface area (Å²) in [5.41, 5.74) is 23.2. The number of unbranched alkanes of at least 4 members (excludes halogenated alkanes) is 1. The normalized spacial score (nSPS) is 14.9. The van der Waals surface area contributed by atoms with Crippen LogP contribution in [0.15, 0.2) is 54.6 Å². The lowest BCUT2D eigenvalue weighted by Crippen LogP contribution is -2.62. The van der Waals surface area contributed by atoms with Gasteiger partial charge in [0.1, 0.15) is 54.1 Å². The van der Waals surface area contributed by atoms with Crippen molar-refractivity contribution >= 4 is 71.0 Å². The molecule has 10 amide bonds. The molecular formula is C51H76N12O15. The summed E-state index contributed by atoms with van der Waals surface area (Å²) in [6.07, 6.45) is -2.35. The van der Waals surface area contributed by atoms with Crippen molar-refractivity contribution in [2.45, 2.75) is 153 Å². The van der Waals surface area contributed by atoms with Crippen molar-refractivity contribution in [2.24, 2.45) is 34.8 Å². The number of hydrogen-bond acceptors (Lipinski definition) is 15. The standard InChI is InChI=1S/C51H76N12O15/c1-6-27(4)42(63-43(69)28(5)53)50(76)60-35(24-38(54)65)47(73)58-34(22-29-12-8-7-9-13-29)46(72)59-36(25-39(55)66)48(74)62-41(26(2)3)49(75)57-33(19-20-40(67)68)45(71)56-32(14-10-11-21-52)44(70)61-37(51(77)78)23-30-15-17-31(64)18-16-30/h7-9,12-13,15-18,26-28,32-37,41-42,64H,6,10-11,14,19-25,52-53H2,1-5H3,(H2,54,65)(H2,55,66)(H,56,71)(H,57,75)(H,58,73)(H,59,72)(H,60,76)(H,61,70)(H,62,74)(H,63,69)(H,67,68)(H,77,78)/t27-,28+,32+,33+,34+,35+,36+,37+,41+,42+/m1/s1. The Morgan fingerprint density at radius 2 is 0.923 bits per heavy atom. The minimum Gasteiger partial charge on any atom is -0.508 e. The highest BCUT2D eigenvalue weighted by Gasteiger charge is 2.37. The SMILES string of the molecule is CC[C@@H](C)[C@H](NC(=O)[C@H](C)N)C(=O)N[C@@H](CC(N)=O)C(=O)N[C@@H](Cc1ccccc1)C(=O)N[C@@H](CC(N)=O)C(=O)N[C@H](C(=O)N[C@@H](CCC(=O)O)C(=O)N[C@@H](CCCCN)C(=O)N[C@@H](Cc1ccc(O)cc1)C(=O)O)C(C)C. The van der Waals surface area contributed by atoms with Crippen molar-refractivity contribution in [1.82, 2.24) is 42.5 Å². The zero-order valence-electron chi connectivity index (χ0n) is 44.4. The quantitative estimate of drug-likeness (QED) is 0.0305. The second kappa shape index (κ2) is 33.1. The number of carboxylic acid groups (broad SMARTS) is 2. The van der Waals surface area contributed by atoms with Crippen LogP contribution >= 0.6 is 0 Å². The number of phenolic OH excluding ortho intramolecular Hbond substituents is 1. The number of aliphatic carboxylic acids is 2. The monoisotopic (exact) mass is 1100 g/mol. The maximum atomic E-state index is 14.2. The topological polar surface area (TPSA) is 466 Å². The van der Waals surface area contributed by atoms with Gasteiger partial charge in [0, 0.05) is 19.3 Å². The lowest BCUT2D eigenvalue weighted by atomic mass is 9.97. The molecule has 0 unspecified atom stereocenters. The van der Waals surface area contributed by atoms with Crippen molar-refractivity contribution < 1.29 is 72.9 Å². The van der Waals surface area contributed by atoms with E-state index in [9.17, 15) is 72.9 Å². The molecular weight excluding hydrogens is 1020 g/mol. The molecule has 2 rings (SSSR count). The summed E-state index contributed by atoms with van der Waals surface area (Å²) >= 11 is 0. The number of amides is 10. The number of carbonyl (C=O) groups is 12. The number of nitrogens with two attached hydrogens (primary N) is 4. The van der Waals surface area contributed by atoms with Crippen LogP contribution in [0.5, 0.6) is 5.75 Å². The Bertz CT molecular complexity index is 2410. The van der Waals surface area contributed by atoms with Crippen molar-refractivity contribution in [2.75, 3.05) is 6.54 Å². The maximum absolute atomic E-state index is 14.2. The zero-order chi connectivity index (χ0) is 58.8. The van der Waals surface area contributed by atoms with Crippen molar-refractivity contribution in [1.29, 1.82) is 0 Å². The van der Waals surface area contributed by atoms with E-state index >= 15 is 0 Å². The molecule has 78 heavy (non-hydrogen) atoms. The molecule has 27 heteroatoms. The molecule has 27 nitrogen and oxygen atoms in total. The fraction of sp³-hybridized carbons (Fsp3) is 0.529. The van der Waals surface area contributed by atoms with E-state index in [-0.39, 0.29) is 38.0 Å². The number of benzene rings is 2. The Balaban J connectivity index is 2.46. The van der Waals surface area contributed by atoms with Gasteiger partial charge < -0.3 is 80.8 Å². The first-order chi connectivity index (χ1) is 36.7. The van der Waals surface area contributed by atoms with Crippen LogP contribution in [0.1, 0.15) is 97.1 Å². The van der Waals surface area contributed by atoms with Crippen LogP contribution < -0.4 is 65.5 Å². The Kier molecular flexibility index (Phi) is 27.9. The summed E-state index contributed by atoms with van der Waals surface area (Å²) in [7, 11) is 0. The van der Waals surface area contributed by atoms with E-state index < -0.39 is 163 Å². The molecule has 430 valence electrons. The van der Waals surface area contributed by atoms with Crippen LogP contribution in [0.3, 0.4) is 0 Å². The lowest BCUT2D eigenvalue weighted by molar-refractivity contribution is -0.142. The molecule has 19 N–H and O–H groups in total. The van der Waals surface area contributed by atoms with Crippen molar-refractivity contribution in [3.05, 3.63) is 65.7 Å². The van der Waals surface area contributed by atoms with Gasteiger partial charge in [0.25, 0.3) is 0 Å². The predicted octanol–water partition coefficient (Wildman–Crippen LogP) is -3.07. The maximum Gasteiger partial charge on any atom is 0.326 e. The minimum absolute atomic E-state index is 0.0628. The molecule has 0 aromatic heterocycles. The molecule has 0 saturated carbocycles. The number of phenols is 1. The third-order valence-electron chi connectivity index (χ3n) is 12.3. The molecule has 0 aliphatic heterocycles. The first-order valence-electron chi connectivity index (χ1n) is 25.4. The average molecular weight is 1100 g/mol. The van der Waals surface area contributed by atoms with Crippen LogP contribution in [0.4, 0.5) is 0 Å². The van der Waals surface area contributed by atoms with Crippen molar-refractivity contribution in [3.63, 3.8) is 0 Å². The molecule has 10 atom stereocenters. The van der Waals surface area contributed by atoms with E-state index in [4.69, 9.17) is 22.9 Å². The van der Waals surface area contributed by atoms with Crippen LogP contribution in [0.25, 0.3) is 0 Å². The van der Waals surface area contributed by atoms with Gasteiger partial charge in [-0.25, -0.2) is 4.79 Å². The number of aromatic hydroxyl groups is 1. The second-order valence-electron chi connectivity index (χ2n) is 19.2. The molecule has 0 aliphatic rings. The van der Waals surface area contributed by atoms with Crippen molar-refractivity contribution in [3.8, 4) is 5.75 Å². The third kappa shape index (κ3) is 23.4. The number of hydrogen-bond donors (Lipinski definition) is 15. The highest BCUT2D eigenvalue weighted by atomic mass is 16.4. The second-order valence-corrected chi connectivity index (χ2v) is 19.2. The summed E-state index contributed by atoms with van der Waals surface area (Å²) in [5.74, 6) is -14.2. The van der Waals surface area contributed by atoms with Crippen LogP contribution in [0, 0.1) is 11.8 Å². The van der Waals surface area contributed by atoms with E-state index in [0.29, 0.717) is 24.0 Å². The summed E-state index contributed by atoms with van der Waals surface area (Å²) in [6, 6.07) is 0.159. The van der Waals surface area contributed by atoms with Gasteiger partial charge in [-0.2, -0.15) is 0 Å². The average Bonchev–Trinajstić information content (AvgIpc) is 3.37. The molecule has 0 saturated heterocycles. The first-order valence-corrected chi connectivity index (χ1v) is 25.4. The van der Waals surface area contributed by atoms with E-state index in [1.54, 1.807) is 44.2 Å². The van der Waals surface area contributed by atoms with E-state index in [1.807, 2.05) is 0 Å². The van der Waals surface area contributed by atoms with Crippen LogP contribution in [0.2, 0.25) is 0 Å². The van der Waals surface area contributed by atoms with Gasteiger partial charge in [-0.15, -0.1) is 0 Å². The van der Waals surface area contributed by atoms with E-state index in [2.05, 4.69) is 42.5 Å². The van der Waals surface area contributed by atoms with Gasteiger partial charge in [0.15, 0.2) is 0 Å². The molecule has 0 spiro atoms. The number of carboxylic acids is 2. The van der Waals surface area contributed by atoms with Gasteiger partial charge in [-0.3, -0.25) is 52.7 Å². The number of rotatable bonds is 35. The molecule has 0 aliphatic carbocycles. The van der Waals surface area contributed by atoms with Gasteiger partial charge in [0.05, 0.1) is 18.9 Å². The Morgan fingerprint density at radius 1 is 0.500 bits per heavy atom. The van der Waals surface area contributed by atoms with Gasteiger partial charge in [-0.05, 0) is 74.2 Å². The Hall–Kier alpha value is -8.20. The van der Waals surface area contributed by atoms with Gasteiger partial charge >= 0.3 is 11.9 Å². The van der Waals surface area contributed by atoms with Gasteiger partial charge in [0.2, 0.25) is 59.1 Å². The minimum atomic E-state index is -1.84. The number of nitrogens with one attached hydrogen (secondary N) is 8. The molecule has 2 aromatic carbocycles.